The largest absolute Gasteiger partial charge is 0.305 e. The Morgan fingerprint density at radius 2 is 1.65 bits per heavy atom. The Morgan fingerprint density at radius 3 is 2.05 bits per heavy atom. The van der Waals surface area contributed by atoms with E-state index in [1.54, 1.807) is 12.1 Å². The van der Waals surface area contributed by atoms with Crippen LogP contribution in [-0.2, 0) is 0 Å². The Morgan fingerprint density at radius 1 is 1.15 bits per heavy atom. The molecular weight excluding hydrogens is 252 g/mol. The summed E-state index contributed by atoms with van der Waals surface area (Å²) in [6.07, 6.45) is 1.05. The van der Waals surface area contributed by atoms with Crippen LogP contribution < -0.4 is 5.32 Å². The molecule has 0 aromatic heterocycles. The van der Waals surface area contributed by atoms with Crippen molar-refractivity contribution in [2.24, 2.45) is 5.41 Å². The fourth-order valence-corrected chi connectivity index (χ4v) is 2.93. The predicted octanol–water partition coefficient (Wildman–Crippen LogP) is 4.46. The Balaban J connectivity index is 2.75. The van der Waals surface area contributed by atoms with E-state index in [1.807, 2.05) is 12.1 Å². The molecule has 0 aliphatic carbocycles. The highest BCUT2D eigenvalue weighted by Gasteiger charge is 2.26. The van der Waals surface area contributed by atoms with Gasteiger partial charge in [0.2, 0.25) is 0 Å². The molecule has 0 bridgehead atoms. The smallest absolute Gasteiger partial charge is 0.269 e. The lowest BCUT2D eigenvalue weighted by Gasteiger charge is -2.36. The van der Waals surface area contributed by atoms with Gasteiger partial charge in [-0.25, -0.2) is 0 Å². The Bertz CT molecular complexity index is 458. The summed E-state index contributed by atoms with van der Waals surface area (Å²) in [7, 11) is 0. The zero-order valence-electron chi connectivity index (χ0n) is 13.4. The minimum Gasteiger partial charge on any atom is -0.305 e. The van der Waals surface area contributed by atoms with Gasteiger partial charge in [-0.15, -0.1) is 0 Å². The molecule has 4 heteroatoms. The molecule has 1 unspecified atom stereocenters. The number of nitrogens with zero attached hydrogens (tertiary/aromatic N) is 1. The molecule has 0 saturated heterocycles. The van der Waals surface area contributed by atoms with Crippen LogP contribution in [0.2, 0.25) is 0 Å². The number of hydrogen-bond donors (Lipinski definition) is 1. The average Bonchev–Trinajstić information content (AvgIpc) is 2.24. The second-order valence-corrected chi connectivity index (χ2v) is 7.34. The van der Waals surface area contributed by atoms with Crippen LogP contribution >= 0.6 is 0 Å². The van der Waals surface area contributed by atoms with Crippen molar-refractivity contribution in [3.8, 4) is 0 Å². The molecule has 1 atom stereocenters. The second-order valence-electron chi connectivity index (χ2n) is 7.34. The minimum atomic E-state index is -0.370. The number of nitro benzene ring substituents is 1. The predicted molar refractivity (Wildman–Crippen MR) is 82.8 cm³/mol. The maximum atomic E-state index is 10.7. The zero-order valence-corrected chi connectivity index (χ0v) is 13.4. The third-order valence-electron chi connectivity index (χ3n) is 3.18. The van der Waals surface area contributed by atoms with E-state index in [9.17, 15) is 10.1 Å². The third kappa shape index (κ3) is 5.29. The summed E-state index contributed by atoms with van der Waals surface area (Å²) in [4.78, 5) is 10.3. The van der Waals surface area contributed by atoms with Crippen LogP contribution in [0.4, 0.5) is 5.69 Å². The number of non-ortho nitro benzene ring substituents is 1. The van der Waals surface area contributed by atoms with Crippen molar-refractivity contribution in [2.45, 2.75) is 59.5 Å². The lowest BCUT2D eigenvalue weighted by atomic mass is 9.81. The number of benzene rings is 1. The maximum absolute atomic E-state index is 10.7. The highest BCUT2D eigenvalue weighted by atomic mass is 16.6. The van der Waals surface area contributed by atoms with E-state index in [0.29, 0.717) is 0 Å². The second kappa shape index (κ2) is 5.92. The van der Waals surface area contributed by atoms with E-state index in [0.717, 1.165) is 12.0 Å². The molecule has 0 fully saturated rings. The van der Waals surface area contributed by atoms with Crippen molar-refractivity contribution in [3.05, 3.63) is 39.9 Å². The van der Waals surface area contributed by atoms with Gasteiger partial charge in [0.25, 0.3) is 5.69 Å². The number of hydrogen-bond acceptors (Lipinski definition) is 3. The van der Waals surface area contributed by atoms with E-state index >= 15 is 0 Å². The highest BCUT2D eigenvalue weighted by Crippen LogP contribution is 2.29. The first-order chi connectivity index (χ1) is 9.00. The zero-order chi connectivity index (χ0) is 15.6. The Labute approximate surface area is 121 Å². The van der Waals surface area contributed by atoms with Gasteiger partial charge in [0.05, 0.1) is 4.92 Å². The van der Waals surface area contributed by atoms with Crippen molar-refractivity contribution in [1.29, 1.82) is 0 Å². The van der Waals surface area contributed by atoms with E-state index in [-0.39, 0.29) is 27.6 Å². The van der Waals surface area contributed by atoms with Gasteiger partial charge in [0, 0.05) is 23.7 Å². The van der Waals surface area contributed by atoms with Gasteiger partial charge >= 0.3 is 0 Å². The summed E-state index contributed by atoms with van der Waals surface area (Å²) >= 11 is 0. The quantitative estimate of drug-likeness (QED) is 0.639. The van der Waals surface area contributed by atoms with Gasteiger partial charge < -0.3 is 5.32 Å². The van der Waals surface area contributed by atoms with Gasteiger partial charge in [-0.05, 0) is 38.2 Å². The molecule has 112 valence electrons. The molecule has 0 aliphatic heterocycles. The molecule has 0 saturated carbocycles. The fourth-order valence-electron chi connectivity index (χ4n) is 2.93. The van der Waals surface area contributed by atoms with Crippen LogP contribution in [0.1, 0.15) is 59.6 Å². The van der Waals surface area contributed by atoms with E-state index in [1.165, 1.54) is 0 Å². The Kier molecular flexibility index (Phi) is 4.92. The van der Waals surface area contributed by atoms with Gasteiger partial charge in [-0.3, -0.25) is 10.1 Å². The fraction of sp³-hybridized carbons (Fsp3) is 0.625. The number of nitro groups is 1. The summed E-state index contributed by atoms with van der Waals surface area (Å²) in [6.45, 7) is 13.2. The molecule has 4 nitrogen and oxygen atoms in total. The van der Waals surface area contributed by atoms with Crippen LogP contribution in [0, 0.1) is 15.5 Å². The van der Waals surface area contributed by atoms with Gasteiger partial charge in [0.15, 0.2) is 0 Å². The molecule has 0 radical (unpaired) electrons. The van der Waals surface area contributed by atoms with Gasteiger partial charge in [0.1, 0.15) is 0 Å². The number of rotatable bonds is 5. The molecule has 0 heterocycles. The summed E-state index contributed by atoms with van der Waals surface area (Å²) in [6, 6.07) is 6.92. The Hall–Kier alpha value is -1.42. The van der Waals surface area contributed by atoms with Crippen molar-refractivity contribution >= 4 is 5.69 Å². The first kappa shape index (κ1) is 16.6. The monoisotopic (exact) mass is 278 g/mol. The molecule has 1 rings (SSSR count). The van der Waals surface area contributed by atoms with Crippen LogP contribution in [0.25, 0.3) is 0 Å². The maximum Gasteiger partial charge on any atom is 0.269 e. The SMILES string of the molecule is CC(NC(C)(C)CC(C)(C)C)c1ccc([N+](=O)[O-])cc1. The first-order valence-corrected chi connectivity index (χ1v) is 7.02. The van der Waals surface area contributed by atoms with Gasteiger partial charge in [-0.1, -0.05) is 32.9 Å². The van der Waals surface area contributed by atoms with Crippen molar-refractivity contribution in [1.82, 2.24) is 5.32 Å². The summed E-state index contributed by atoms with van der Waals surface area (Å²) in [5, 5.41) is 14.3. The normalized spacial score (nSPS) is 14.1. The number of nitrogens with one attached hydrogen (secondary N) is 1. The van der Waals surface area contributed by atoms with Gasteiger partial charge in [-0.2, -0.15) is 0 Å². The van der Waals surface area contributed by atoms with Crippen molar-refractivity contribution in [3.63, 3.8) is 0 Å². The van der Waals surface area contributed by atoms with Crippen LogP contribution in [0.15, 0.2) is 24.3 Å². The summed E-state index contributed by atoms with van der Waals surface area (Å²) in [5.74, 6) is 0. The van der Waals surface area contributed by atoms with Crippen molar-refractivity contribution in [2.75, 3.05) is 0 Å². The molecule has 0 aliphatic rings. The molecule has 0 spiro atoms. The third-order valence-corrected chi connectivity index (χ3v) is 3.18. The van der Waals surface area contributed by atoms with Crippen molar-refractivity contribution < 1.29 is 4.92 Å². The van der Waals surface area contributed by atoms with Crippen LogP contribution in [-0.4, -0.2) is 10.5 Å². The lowest BCUT2D eigenvalue weighted by molar-refractivity contribution is -0.384. The minimum absolute atomic E-state index is 0.0133. The standard InChI is InChI=1S/C16H26N2O2/c1-12(17-16(5,6)11-15(2,3)4)13-7-9-14(10-8-13)18(19)20/h7-10,12,17H,11H2,1-6H3. The van der Waals surface area contributed by atoms with E-state index in [4.69, 9.17) is 0 Å². The van der Waals surface area contributed by atoms with Crippen LogP contribution in [0.3, 0.4) is 0 Å². The molecule has 0 amide bonds. The van der Waals surface area contributed by atoms with E-state index in [2.05, 4.69) is 46.9 Å². The molecule has 20 heavy (non-hydrogen) atoms. The van der Waals surface area contributed by atoms with E-state index < -0.39 is 0 Å². The van der Waals surface area contributed by atoms with Crippen LogP contribution in [0.5, 0.6) is 0 Å². The molecule has 1 aromatic rings. The molecule has 1 aromatic carbocycles. The summed E-state index contributed by atoms with van der Waals surface area (Å²) in [5.41, 5.74) is 1.47. The molecule has 1 N–H and O–H groups in total. The lowest BCUT2D eigenvalue weighted by Crippen LogP contribution is -2.43. The molecular formula is C16H26N2O2. The highest BCUT2D eigenvalue weighted by molar-refractivity contribution is 5.34. The summed E-state index contributed by atoms with van der Waals surface area (Å²) < 4.78 is 0. The topological polar surface area (TPSA) is 55.2 Å². The first-order valence-electron chi connectivity index (χ1n) is 7.02. The average molecular weight is 278 g/mol.